The smallest absolute Gasteiger partial charge is 0.251 e. The van der Waals surface area contributed by atoms with Crippen LogP contribution < -0.4 is 20.7 Å². The highest BCUT2D eigenvalue weighted by molar-refractivity contribution is 7.89. The predicted octanol–water partition coefficient (Wildman–Crippen LogP) is 1.47. The molecule has 0 aliphatic carbocycles. The molecule has 9 nitrogen and oxygen atoms in total. The van der Waals surface area contributed by atoms with Crippen LogP contribution in [-0.2, 0) is 19.6 Å². The molecule has 0 fully saturated rings. The SMILES string of the molecule is C#Cc1cccc(C(=O)NCCNC(=O)[C@H](CC(=O)NC(C)(C)C)NS(=O)(=O)c2ccc(C)cc2)c1. The van der Waals surface area contributed by atoms with Crippen LogP contribution in [0.3, 0.4) is 0 Å². The summed E-state index contributed by atoms with van der Waals surface area (Å²) in [4.78, 5) is 37.6. The number of carbonyl (C=O) groups excluding carboxylic acids is 3. The van der Waals surface area contributed by atoms with E-state index in [2.05, 4.69) is 26.6 Å². The van der Waals surface area contributed by atoms with Crippen LogP contribution in [0.5, 0.6) is 0 Å². The Morgan fingerprint density at radius 3 is 2.25 bits per heavy atom. The fraction of sp³-hybridized carbons (Fsp3) is 0.346. The van der Waals surface area contributed by atoms with Crippen LogP contribution in [0.4, 0.5) is 0 Å². The maximum Gasteiger partial charge on any atom is 0.251 e. The molecule has 0 bridgehead atoms. The van der Waals surface area contributed by atoms with Gasteiger partial charge in [-0.2, -0.15) is 4.72 Å². The van der Waals surface area contributed by atoms with E-state index in [0.717, 1.165) is 5.56 Å². The quantitative estimate of drug-likeness (QED) is 0.283. The maximum atomic E-state index is 12.9. The molecule has 192 valence electrons. The van der Waals surface area contributed by atoms with Crippen molar-refractivity contribution in [1.82, 2.24) is 20.7 Å². The minimum Gasteiger partial charge on any atom is -0.353 e. The number of carbonyl (C=O) groups is 3. The summed E-state index contributed by atoms with van der Waals surface area (Å²) in [7, 11) is -4.07. The summed E-state index contributed by atoms with van der Waals surface area (Å²) in [6, 6.07) is 11.3. The molecule has 3 amide bonds. The number of aryl methyl sites for hydroxylation is 1. The van der Waals surface area contributed by atoms with Crippen molar-refractivity contribution in [3.8, 4) is 12.3 Å². The Kier molecular flexibility index (Phi) is 9.78. The molecule has 0 unspecified atom stereocenters. The van der Waals surface area contributed by atoms with E-state index in [1.54, 1.807) is 57.2 Å². The molecule has 0 saturated heterocycles. The molecule has 36 heavy (non-hydrogen) atoms. The summed E-state index contributed by atoms with van der Waals surface area (Å²) in [6.45, 7) is 7.25. The van der Waals surface area contributed by atoms with Crippen molar-refractivity contribution >= 4 is 27.7 Å². The molecule has 0 radical (unpaired) electrons. The molecule has 4 N–H and O–H groups in total. The minimum atomic E-state index is -4.07. The Bertz CT molecular complexity index is 1240. The largest absolute Gasteiger partial charge is 0.353 e. The van der Waals surface area contributed by atoms with Crippen molar-refractivity contribution in [2.45, 2.75) is 50.6 Å². The molecule has 0 spiro atoms. The second-order valence-electron chi connectivity index (χ2n) is 9.26. The standard InChI is InChI=1S/C26H32N4O5S/c1-6-19-8-7-9-20(16-19)24(32)27-14-15-28-25(33)22(17-23(31)29-26(3,4)5)30-36(34,35)21-12-10-18(2)11-13-21/h1,7-13,16,22,30H,14-15,17H2,2-5H3,(H,27,32)(H,28,33)(H,29,31)/t22-/m0/s1. The topological polar surface area (TPSA) is 133 Å². The molecule has 0 aliphatic rings. The summed E-state index contributed by atoms with van der Waals surface area (Å²) in [5, 5.41) is 7.95. The maximum absolute atomic E-state index is 12.9. The number of terminal acetylenes is 1. The van der Waals surface area contributed by atoms with Crippen molar-refractivity contribution in [1.29, 1.82) is 0 Å². The number of hydrogen-bond donors (Lipinski definition) is 4. The number of nitrogens with one attached hydrogen (secondary N) is 4. The van der Waals surface area contributed by atoms with Crippen molar-refractivity contribution in [2.24, 2.45) is 0 Å². The van der Waals surface area contributed by atoms with Crippen LogP contribution in [0, 0.1) is 19.3 Å². The molecule has 1 atom stereocenters. The molecule has 2 aromatic rings. The highest BCUT2D eigenvalue weighted by Gasteiger charge is 2.29. The summed E-state index contributed by atoms with van der Waals surface area (Å²) >= 11 is 0. The van der Waals surface area contributed by atoms with Gasteiger partial charge in [-0.25, -0.2) is 8.42 Å². The van der Waals surface area contributed by atoms with Gasteiger partial charge in [-0.15, -0.1) is 6.42 Å². The Balaban J connectivity index is 2.04. The first-order valence-electron chi connectivity index (χ1n) is 11.3. The van der Waals surface area contributed by atoms with Crippen LogP contribution in [0.1, 0.15) is 48.7 Å². The van der Waals surface area contributed by atoms with E-state index in [9.17, 15) is 22.8 Å². The van der Waals surface area contributed by atoms with Gasteiger partial charge in [0.15, 0.2) is 0 Å². The van der Waals surface area contributed by atoms with Gasteiger partial charge >= 0.3 is 0 Å². The number of hydrogen-bond acceptors (Lipinski definition) is 5. The minimum absolute atomic E-state index is 0.0169. The molecule has 0 heterocycles. The Morgan fingerprint density at radius 1 is 1.00 bits per heavy atom. The lowest BCUT2D eigenvalue weighted by Crippen LogP contribution is -2.51. The molecule has 10 heteroatoms. The van der Waals surface area contributed by atoms with Crippen LogP contribution >= 0.6 is 0 Å². The van der Waals surface area contributed by atoms with Crippen molar-refractivity contribution in [3.63, 3.8) is 0 Å². The van der Waals surface area contributed by atoms with Gasteiger partial charge in [0.2, 0.25) is 21.8 Å². The number of benzene rings is 2. The number of amides is 3. The fourth-order valence-electron chi connectivity index (χ4n) is 3.15. The monoisotopic (exact) mass is 512 g/mol. The average molecular weight is 513 g/mol. The van der Waals surface area contributed by atoms with Gasteiger partial charge in [0, 0.05) is 29.8 Å². The van der Waals surface area contributed by atoms with Crippen LogP contribution in [0.25, 0.3) is 0 Å². The summed E-state index contributed by atoms with van der Waals surface area (Å²) in [5.74, 6) is 0.895. The van der Waals surface area contributed by atoms with E-state index in [1.807, 2.05) is 6.92 Å². The Hall–Kier alpha value is -3.68. The van der Waals surface area contributed by atoms with Gasteiger partial charge in [0.05, 0.1) is 11.3 Å². The predicted molar refractivity (Wildman–Crippen MR) is 138 cm³/mol. The van der Waals surface area contributed by atoms with Gasteiger partial charge < -0.3 is 16.0 Å². The van der Waals surface area contributed by atoms with E-state index < -0.39 is 39.8 Å². The second-order valence-corrected chi connectivity index (χ2v) is 11.0. The third-order valence-corrected chi connectivity index (χ3v) is 6.34. The third-order valence-electron chi connectivity index (χ3n) is 4.85. The van der Waals surface area contributed by atoms with Crippen molar-refractivity contribution in [2.75, 3.05) is 13.1 Å². The van der Waals surface area contributed by atoms with Crippen LogP contribution in [-0.4, -0.2) is 50.8 Å². The second kappa shape index (κ2) is 12.3. The molecular formula is C26H32N4O5S. The lowest BCUT2D eigenvalue weighted by atomic mass is 10.1. The molecule has 0 aromatic heterocycles. The molecule has 2 aromatic carbocycles. The molecule has 0 aliphatic heterocycles. The fourth-order valence-corrected chi connectivity index (χ4v) is 4.35. The molecular weight excluding hydrogens is 480 g/mol. The third kappa shape index (κ3) is 9.17. The van der Waals surface area contributed by atoms with E-state index >= 15 is 0 Å². The highest BCUT2D eigenvalue weighted by atomic mass is 32.2. The first-order valence-corrected chi connectivity index (χ1v) is 12.8. The highest BCUT2D eigenvalue weighted by Crippen LogP contribution is 2.12. The van der Waals surface area contributed by atoms with Gasteiger partial charge in [-0.1, -0.05) is 29.7 Å². The van der Waals surface area contributed by atoms with Crippen molar-refractivity contribution < 1.29 is 22.8 Å². The van der Waals surface area contributed by atoms with Gasteiger partial charge in [-0.05, 0) is 58.0 Å². The van der Waals surface area contributed by atoms with Crippen LogP contribution in [0.2, 0.25) is 0 Å². The zero-order chi connectivity index (χ0) is 26.9. The summed E-state index contributed by atoms with van der Waals surface area (Å²) < 4.78 is 28.0. The Labute approximate surface area is 212 Å². The zero-order valence-electron chi connectivity index (χ0n) is 20.8. The van der Waals surface area contributed by atoms with Gasteiger partial charge in [-0.3, -0.25) is 14.4 Å². The first kappa shape index (κ1) is 28.6. The van der Waals surface area contributed by atoms with E-state index in [0.29, 0.717) is 11.1 Å². The molecule has 2 rings (SSSR count). The van der Waals surface area contributed by atoms with E-state index in [1.165, 1.54) is 12.1 Å². The lowest BCUT2D eigenvalue weighted by molar-refractivity contribution is -0.128. The number of rotatable bonds is 10. The summed E-state index contributed by atoms with van der Waals surface area (Å²) in [5.41, 5.74) is 1.25. The first-order chi connectivity index (χ1) is 16.8. The molecule has 0 saturated carbocycles. The average Bonchev–Trinajstić information content (AvgIpc) is 2.80. The Morgan fingerprint density at radius 2 is 1.64 bits per heavy atom. The van der Waals surface area contributed by atoms with E-state index in [4.69, 9.17) is 6.42 Å². The van der Waals surface area contributed by atoms with Crippen molar-refractivity contribution in [3.05, 3.63) is 65.2 Å². The van der Waals surface area contributed by atoms with Gasteiger partial charge in [0.25, 0.3) is 5.91 Å². The van der Waals surface area contributed by atoms with Gasteiger partial charge in [0.1, 0.15) is 6.04 Å². The summed E-state index contributed by atoms with van der Waals surface area (Å²) in [6.07, 6.45) is 4.95. The van der Waals surface area contributed by atoms with Crippen LogP contribution in [0.15, 0.2) is 53.4 Å². The zero-order valence-corrected chi connectivity index (χ0v) is 21.7. The van der Waals surface area contributed by atoms with E-state index in [-0.39, 0.29) is 23.9 Å². The number of sulfonamides is 1. The normalized spacial score (nSPS) is 12.2. The lowest BCUT2D eigenvalue weighted by Gasteiger charge is -2.23.